The van der Waals surface area contributed by atoms with Crippen LogP contribution in [0.25, 0.3) is 10.8 Å². The lowest BCUT2D eigenvalue weighted by molar-refractivity contribution is 0.191. The predicted octanol–water partition coefficient (Wildman–Crippen LogP) is 4.49. The molecule has 4 rings (SSSR count). The Bertz CT molecular complexity index is 865. The normalized spacial score (nSPS) is 16.1. The van der Waals surface area contributed by atoms with Crippen molar-refractivity contribution in [3.05, 3.63) is 52.7 Å². The number of piperidine rings is 1. The monoisotopic (exact) mass is 369 g/mol. The van der Waals surface area contributed by atoms with Crippen LogP contribution in [0.15, 0.2) is 40.8 Å². The second kappa shape index (κ2) is 7.60. The van der Waals surface area contributed by atoms with Crippen molar-refractivity contribution in [3.63, 3.8) is 0 Å². The summed E-state index contributed by atoms with van der Waals surface area (Å²) in [5.74, 6) is 2.74. The summed E-state index contributed by atoms with van der Waals surface area (Å²) in [5.41, 5.74) is 1.24. The fourth-order valence-corrected chi connectivity index (χ4v) is 4.25. The molecule has 0 bridgehead atoms. The first kappa shape index (κ1) is 17.2. The standard InChI is InChI=1S/C20H23N3O2S/c1-14-7-8-18(26-14)20-22-21-19(25-20)15-9-11-23(12-10-15)13-16-5-3-4-6-17(16)24-2/h3-8,15H,9-13H2,1-2H3. The van der Waals surface area contributed by atoms with Crippen molar-refractivity contribution in [3.8, 4) is 16.5 Å². The van der Waals surface area contributed by atoms with Crippen molar-refractivity contribution in [1.29, 1.82) is 0 Å². The van der Waals surface area contributed by atoms with Crippen molar-refractivity contribution < 1.29 is 9.15 Å². The van der Waals surface area contributed by atoms with Gasteiger partial charge in [0.15, 0.2) is 0 Å². The Kier molecular flexibility index (Phi) is 5.04. The van der Waals surface area contributed by atoms with Crippen LogP contribution in [0.4, 0.5) is 0 Å². The van der Waals surface area contributed by atoms with Gasteiger partial charge >= 0.3 is 0 Å². The number of hydrogen-bond acceptors (Lipinski definition) is 6. The van der Waals surface area contributed by atoms with E-state index in [0.29, 0.717) is 11.8 Å². The van der Waals surface area contributed by atoms with Gasteiger partial charge in [0.25, 0.3) is 5.89 Å². The summed E-state index contributed by atoms with van der Waals surface area (Å²) < 4.78 is 11.4. The molecule has 0 atom stereocenters. The van der Waals surface area contributed by atoms with Crippen molar-refractivity contribution >= 4 is 11.3 Å². The maximum atomic E-state index is 5.96. The highest BCUT2D eigenvalue weighted by molar-refractivity contribution is 7.15. The highest BCUT2D eigenvalue weighted by Crippen LogP contribution is 2.32. The zero-order valence-electron chi connectivity index (χ0n) is 15.1. The largest absolute Gasteiger partial charge is 0.496 e. The number of nitrogens with zero attached hydrogens (tertiary/aromatic N) is 3. The maximum Gasteiger partial charge on any atom is 0.257 e. The molecule has 0 unspecified atom stereocenters. The first-order valence-electron chi connectivity index (χ1n) is 8.97. The molecule has 0 saturated carbocycles. The number of aromatic nitrogens is 2. The zero-order valence-corrected chi connectivity index (χ0v) is 16.0. The Morgan fingerprint density at radius 3 is 2.69 bits per heavy atom. The van der Waals surface area contributed by atoms with Gasteiger partial charge in [-0.25, -0.2) is 0 Å². The third-order valence-electron chi connectivity index (χ3n) is 4.92. The molecule has 26 heavy (non-hydrogen) atoms. The van der Waals surface area contributed by atoms with Gasteiger partial charge in [0.2, 0.25) is 5.89 Å². The first-order chi connectivity index (χ1) is 12.7. The highest BCUT2D eigenvalue weighted by Gasteiger charge is 2.26. The molecule has 1 saturated heterocycles. The van der Waals surface area contributed by atoms with Gasteiger partial charge in [-0.05, 0) is 51.1 Å². The lowest BCUT2D eigenvalue weighted by Gasteiger charge is -2.30. The number of likely N-dealkylation sites (tertiary alicyclic amines) is 1. The van der Waals surface area contributed by atoms with Crippen LogP contribution in [-0.4, -0.2) is 35.3 Å². The van der Waals surface area contributed by atoms with Gasteiger partial charge in [-0.3, -0.25) is 4.90 Å². The lowest BCUT2D eigenvalue weighted by atomic mass is 9.96. The van der Waals surface area contributed by atoms with Crippen LogP contribution in [0.2, 0.25) is 0 Å². The average molecular weight is 369 g/mol. The van der Waals surface area contributed by atoms with Crippen molar-refractivity contribution in [2.45, 2.75) is 32.2 Å². The Hall–Kier alpha value is -2.18. The molecule has 6 heteroatoms. The van der Waals surface area contributed by atoms with Crippen LogP contribution < -0.4 is 4.74 Å². The third kappa shape index (κ3) is 3.66. The molecule has 0 N–H and O–H groups in total. The average Bonchev–Trinajstić information content (AvgIpc) is 3.32. The molecule has 1 fully saturated rings. The molecule has 1 aromatic carbocycles. The van der Waals surface area contributed by atoms with Gasteiger partial charge in [0, 0.05) is 22.9 Å². The molecule has 3 aromatic rings. The van der Waals surface area contributed by atoms with Crippen LogP contribution >= 0.6 is 11.3 Å². The summed E-state index contributed by atoms with van der Waals surface area (Å²) >= 11 is 1.69. The molecule has 0 aliphatic carbocycles. The van der Waals surface area contributed by atoms with Gasteiger partial charge < -0.3 is 9.15 Å². The second-order valence-corrected chi connectivity index (χ2v) is 8.01. The minimum absolute atomic E-state index is 0.353. The molecule has 5 nitrogen and oxygen atoms in total. The summed E-state index contributed by atoms with van der Waals surface area (Å²) in [7, 11) is 1.73. The van der Waals surface area contributed by atoms with Crippen molar-refractivity contribution in [2.75, 3.05) is 20.2 Å². The molecule has 1 aliphatic heterocycles. The second-order valence-electron chi connectivity index (χ2n) is 6.72. The minimum atomic E-state index is 0.353. The van der Waals surface area contributed by atoms with Gasteiger partial charge in [0.1, 0.15) is 5.75 Å². The summed E-state index contributed by atoms with van der Waals surface area (Å²) in [6, 6.07) is 12.4. The Balaban J connectivity index is 1.37. The van der Waals surface area contributed by atoms with Crippen LogP contribution in [0.1, 0.15) is 35.1 Å². The summed E-state index contributed by atoms with van der Waals surface area (Å²) in [5, 5.41) is 8.56. The first-order valence-corrected chi connectivity index (χ1v) is 9.79. The molecule has 3 heterocycles. The molecular formula is C20H23N3O2S. The zero-order chi connectivity index (χ0) is 17.9. The van der Waals surface area contributed by atoms with Crippen LogP contribution in [0.3, 0.4) is 0 Å². The van der Waals surface area contributed by atoms with Crippen LogP contribution in [0, 0.1) is 6.92 Å². The smallest absolute Gasteiger partial charge is 0.257 e. The van der Waals surface area contributed by atoms with E-state index < -0.39 is 0 Å². The number of aryl methyl sites for hydroxylation is 1. The summed E-state index contributed by atoms with van der Waals surface area (Å²) in [4.78, 5) is 4.77. The number of para-hydroxylation sites is 1. The number of thiophene rings is 1. The van der Waals surface area contributed by atoms with Gasteiger partial charge in [-0.2, -0.15) is 0 Å². The van der Waals surface area contributed by atoms with E-state index in [0.717, 1.165) is 49.0 Å². The molecule has 1 aliphatic rings. The molecular weight excluding hydrogens is 346 g/mol. The quantitative estimate of drug-likeness (QED) is 0.663. The third-order valence-corrected chi connectivity index (χ3v) is 5.90. The number of ether oxygens (including phenoxy) is 1. The number of methoxy groups -OCH3 is 1. The van der Waals surface area contributed by atoms with E-state index in [9.17, 15) is 0 Å². The highest BCUT2D eigenvalue weighted by atomic mass is 32.1. The number of rotatable bonds is 5. The maximum absolute atomic E-state index is 5.96. The Morgan fingerprint density at radius 2 is 1.96 bits per heavy atom. The molecule has 0 amide bonds. The van der Waals surface area contributed by atoms with E-state index >= 15 is 0 Å². The Morgan fingerprint density at radius 1 is 1.15 bits per heavy atom. The number of hydrogen-bond donors (Lipinski definition) is 0. The van der Waals surface area contributed by atoms with E-state index in [4.69, 9.17) is 9.15 Å². The van der Waals surface area contributed by atoms with Gasteiger partial charge in [0.05, 0.1) is 12.0 Å². The van der Waals surface area contributed by atoms with Gasteiger partial charge in [-0.15, -0.1) is 21.5 Å². The fourth-order valence-electron chi connectivity index (χ4n) is 3.46. The summed E-state index contributed by atoms with van der Waals surface area (Å²) in [6.07, 6.45) is 2.08. The van der Waals surface area contributed by atoms with E-state index in [-0.39, 0.29) is 0 Å². The van der Waals surface area contributed by atoms with Gasteiger partial charge in [-0.1, -0.05) is 18.2 Å². The van der Waals surface area contributed by atoms with Crippen LogP contribution in [-0.2, 0) is 6.54 Å². The molecule has 0 radical (unpaired) electrons. The lowest BCUT2D eigenvalue weighted by Crippen LogP contribution is -2.32. The molecule has 2 aromatic heterocycles. The van der Waals surface area contributed by atoms with Crippen LogP contribution in [0.5, 0.6) is 5.75 Å². The number of benzene rings is 1. The predicted molar refractivity (Wildman–Crippen MR) is 103 cm³/mol. The minimum Gasteiger partial charge on any atom is -0.496 e. The van der Waals surface area contributed by atoms with Crippen molar-refractivity contribution in [1.82, 2.24) is 15.1 Å². The molecule has 0 spiro atoms. The summed E-state index contributed by atoms with van der Waals surface area (Å²) in [6.45, 7) is 5.06. The van der Waals surface area contributed by atoms with E-state index in [2.05, 4.69) is 40.2 Å². The molecule has 136 valence electrons. The van der Waals surface area contributed by atoms with Crippen molar-refractivity contribution in [2.24, 2.45) is 0 Å². The SMILES string of the molecule is COc1ccccc1CN1CCC(c2nnc(-c3ccc(C)s3)o2)CC1. The van der Waals surface area contributed by atoms with E-state index in [1.807, 2.05) is 18.2 Å². The van der Waals surface area contributed by atoms with E-state index in [1.54, 1.807) is 18.4 Å². The fraction of sp³-hybridized carbons (Fsp3) is 0.400. The Labute approximate surface area is 157 Å². The van der Waals surface area contributed by atoms with E-state index in [1.165, 1.54) is 10.4 Å². The topological polar surface area (TPSA) is 51.4 Å².